The molecule has 1 rings (SSSR count). The maximum atomic E-state index is 12.7. The lowest BCUT2D eigenvalue weighted by molar-refractivity contribution is 0.0710. The number of carbonyl (C=O) groups excluding carboxylic acids is 1. The Bertz CT molecular complexity index is 603. The second-order valence-corrected chi connectivity index (χ2v) is 5.01. The highest BCUT2D eigenvalue weighted by atomic mass is 16.2. The van der Waals surface area contributed by atoms with Gasteiger partial charge in [0.2, 0.25) is 0 Å². The first-order valence-electron chi connectivity index (χ1n) is 6.89. The Labute approximate surface area is 126 Å². The number of rotatable bonds is 4. The van der Waals surface area contributed by atoms with Gasteiger partial charge in [0.1, 0.15) is 6.61 Å². The van der Waals surface area contributed by atoms with Crippen molar-refractivity contribution >= 4 is 5.91 Å². The molecule has 4 nitrogen and oxygen atoms in total. The zero-order valence-corrected chi connectivity index (χ0v) is 12.7. The van der Waals surface area contributed by atoms with Gasteiger partial charge in [0.25, 0.3) is 5.91 Å². The molecule has 0 unspecified atom stereocenters. The van der Waals surface area contributed by atoms with Crippen LogP contribution in [0.3, 0.4) is 0 Å². The van der Waals surface area contributed by atoms with Crippen molar-refractivity contribution in [2.75, 3.05) is 13.2 Å². The molecule has 4 heteroatoms. The van der Waals surface area contributed by atoms with E-state index in [2.05, 4.69) is 17.9 Å². The van der Waals surface area contributed by atoms with Crippen LogP contribution in [0, 0.1) is 30.1 Å². The number of aryl methyl sites for hydroxylation is 1. The van der Waals surface area contributed by atoms with Gasteiger partial charge in [-0.15, -0.1) is 0 Å². The molecule has 0 aromatic heterocycles. The molecule has 1 aromatic carbocycles. The summed E-state index contributed by atoms with van der Waals surface area (Å²) in [7, 11) is 0. The third-order valence-electron chi connectivity index (χ3n) is 3.06. The van der Waals surface area contributed by atoms with Crippen molar-refractivity contribution in [1.82, 2.24) is 4.90 Å². The van der Waals surface area contributed by atoms with Crippen molar-refractivity contribution in [1.29, 1.82) is 5.26 Å². The molecule has 1 N–H and O–H groups in total. The molecule has 110 valence electrons. The Balaban J connectivity index is 3.20. The number of nitriles is 1. The summed E-state index contributed by atoms with van der Waals surface area (Å²) >= 11 is 0. The van der Waals surface area contributed by atoms with Gasteiger partial charge in [-0.3, -0.25) is 4.79 Å². The van der Waals surface area contributed by atoms with Crippen LogP contribution in [0.5, 0.6) is 0 Å². The van der Waals surface area contributed by atoms with Gasteiger partial charge in [0, 0.05) is 18.2 Å². The van der Waals surface area contributed by atoms with Crippen LogP contribution in [-0.2, 0) is 0 Å². The fourth-order valence-electron chi connectivity index (χ4n) is 2.00. The lowest BCUT2D eigenvalue weighted by Crippen LogP contribution is -2.38. The zero-order chi connectivity index (χ0) is 15.8. The first-order valence-corrected chi connectivity index (χ1v) is 6.89. The monoisotopic (exact) mass is 284 g/mol. The molecule has 1 aromatic rings. The van der Waals surface area contributed by atoms with E-state index in [0.717, 1.165) is 5.56 Å². The average molecular weight is 284 g/mol. The molecule has 0 fully saturated rings. The standard InChI is InChI=1S/C17H20N2O2/c1-13(2)19(10-5-9-18)17(21)16-12-14(3)7-8-15(16)6-4-11-20/h7-8,12-13,20H,5,10-11H2,1-3H3. The van der Waals surface area contributed by atoms with Crippen LogP contribution in [0.25, 0.3) is 0 Å². The molecule has 0 saturated carbocycles. The molecule has 0 aliphatic rings. The highest BCUT2D eigenvalue weighted by Crippen LogP contribution is 2.15. The van der Waals surface area contributed by atoms with Crippen LogP contribution in [0.1, 0.15) is 41.8 Å². The molecule has 0 aliphatic carbocycles. The van der Waals surface area contributed by atoms with E-state index in [4.69, 9.17) is 10.4 Å². The van der Waals surface area contributed by atoms with Gasteiger partial charge in [0.05, 0.1) is 18.1 Å². The Morgan fingerprint density at radius 3 is 2.71 bits per heavy atom. The van der Waals surface area contributed by atoms with E-state index in [1.807, 2.05) is 26.8 Å². The molecule has 0 saturated heterocycles. The predicted molar refractivity (Wildman–Crippen MR) is 81.5 cm³/mol. The Kier molecular flexibility index (Phi) is 6.46. The van der Waals surface area contributed by atoms with E-state index in [1.54, 1.807) is 17.0 Å². The SMILES string of the molecule is Cc1ccc(C#CCO)c(C(=O)N(CCC#N)C(C)C)c1. The second kappa shape index (κ2) is 8.09. The van der Waals surface area contributed by atoms with E-state index < -0.39 is 0 Å². The molecule has 0 atom stereocenters. The van der Waals surface area contributed by atoms with Crippen molar-refractivity contribution in [2.24, 2.45) is 0 Å². The van der Waals surface area contributed by atoms with Crippen molar-refractivity contribution in [2.45, 2.75) is 33.2 Å². The molecular formula is C17H20N2O2. The lowest BCUT2D eigenvalue weighted by atomic mass is 10.0. The van der Waals surface area contributed by atoms with Gasteiger partial charge in [-0.1, -0.05) is 23.5 Å². The molecule has 0 aliphatic heterocycles. The zero-order valence-electron chi connectivity index (χ0n) is 12.7. The lowest BCUT2D eigenvalue weighted by Gasteiger charge is -2.26. The number of hydrogen-bond acceptors (Lipinski definition) is 3. The van der Waals surface area contributed by atoms with Crippen LogP contribution in [0.4, 0.5) is 0 Å². The third-order valence-corrected chi connectivity index (χ3v) is 3.06. The number of amides is 1. The molecule has 1 amide bonds. The predicted octanol–water partition coefficient (Wildman–Crippen LogP) is 2.10. The van der Waals surface area contributed by atoms with E-state index in [-0.39, 0.29) is 18.6 Å². The van der Waals surface area contributed by atoms with Crippen LogP contribution < -0.4 is 0 Å². The minimum Gasteiger partial charge on any atom is -0.384 e. The highest BCUT2D eigenvalue weighted by molar-refractivity contribution is 5.97. The Morgan fingerprint density at radius 2 is 2.14 bits per heavy atom. The van der Waals surface area contributed by atoms with Gasteiger partial charge in [0.15, 0.2) is 0 Å². The highest BCUT2D eigenvalue weighted by Gasteiger charge is 2.20. The summed E-state index contributed by atoms with van der Waals surface area (Å²) in [6.07, 6.45) is 0.299. The number of nitrogens with zero attached hydrogens (tertiary/aromatic N) is 2. The van der Waals surface area contributed by atoms with E-state index in [9.17, 15) is 4.79 Å². The van der Waals surface area contributed by atoms with Crippen molar-refractivity contribution < 1.29 is 9.90 Å². The Hall–Kier alpha value is -2.30. The fourth-order valence-corrected chi connectivity index (χ4v) is 2.00. The molecule has 21 heavy (non-hydrogen) atoms. The number of aliphatic hydroxyl groups is 1. The van der Waals surface area contributed by atoms with E-state index >= 15 is 0 Å². The number of carbonyl (C=O) groups is 1. The quantitative estimate of drug-likeness (QED) is 0.861. The number of benzene rings is 1. The third kappa shape index (κ3) is 4.63. The summed E-state index contributed by atoms with van der Waals surface area (Å²) < 4.78 is 0. The van der Waals surface area contributed by atoms with Crippen molar-refractivity contribution in [3.05, 3.63) is 34.9 Å². The Morgan fingerprint density at radius 1 is 1.43 bits per heavy atom. The number of aliphatic hydroxyl groups excluding tert-OH is 1. The minimum absolute atomic E-state index is 0.00464. The largest absolute Gasteiger partial charge is 0.384 e. The van der Waals surface area contributed by atoms with Gasteiger partial charge >= 0.3 is 0 Å². The van der Waals surface area contributed by atoms with E-state index in [1.165, 1.54) is 0 Å². The van der Waals surface area contributed by atoms with Gasteiger partial charge in [-0.2, -0.15) is 5.26 Å². The summed E-state index contributed by atoms with van der Waals surface area (Å²) in [6, 6.07) is 7.53. The first kappa shape index (κ1) is 16.8. The molecule has 0 heterocycles. The summed E-state index contributed by atoms with van der Waals surface area (Å²) in [4.78, 5) is 14.4. The molecule has 0 radical (unpaired) electrons. The van der Waals surface area contributed by atoms with Gasteiger partial charge in [-0.25, -0.2) is 0 Å². The van der Waals surface area contributed by atoms with Gasteiger partial charge in [-0.05, 0) is 32.9 Å². The van der Waals surface area contributed by atoms with E-state index in [0.29, 0.717) is 24.1 Å². The van der Waals surface area contributed by atoms with Crippen LogP contribution >= 0.6 is 0 Å². The van der Waals surface area contributed by atoms with Crippen LogP contribution in [0.15, 0.2) is 18.2 Å². The average Bonchev–Trinajstić information content (AvgIpc) is 2.45. The molecule has 0 spiro atoms. The molecular weight excluding hydrogens is 264 g/mol. The normalized spacial score (nSPS) is 9.71. The maximum absolute atomic E-state index is 12.7. The first-order chi connectivity index (χ1) is 10.0. The van der Waals surface area contributed by atoms with Crippen LogP contribution in [-0.4, -0.2) is 35.1 Å². The van der Waals surface area contributed by atoms with Crippen molar-refractivity contribution in [3.63, 3.8) is 0 Å². The smallest absolute Gasteiger partial charge is 0.255 e. The second-order valence-electron chi connectivity index (χ2n) is 5.01. The van der Waals surface area contributed by atoms with Crippen molar-refractivity contribution in [3.8, 4) is 17.9 Å². The summed E-state index contributed by atoms with van der Waals surface area (Å²) in [5.74, 6) is 5.25. The summed E-state index contributed by atoms with van der Waals surface area (Å²) in [5, 5.41) is 17.5. The molecule has 0 bridgehead atoms. The minimum atomic E-state index is -0.246. The van der Waals surface area contributed by atoms with Crippen LogP contribution in [0.2, 0.25) is 0 Å². The van der Waals surface area contributed by atoms with Gasteiger partial charge < -0.3 is 10.0 Å². The fraction of sp³-hybridized carbons (Fsp3) is 0.412. The summed E-state index contributed by atoms with van der Waals surface area (Å²) in [5.41, 5.74) is 2.08. The maximum Gasteiger partial charge on any atom is 0.255 e. The topological polar surface area (TPSA) is 64.3 Å². The summed E-state index contributed by atoms with van der Waals surface area (Å²) in [6.45, 7) is 5.90. The number of hydrogen-bond donors (Lipinski definition) is 1.